The van der Waals surface area contributed by atoms with Gasteiger partial charge in [-0.15, -0.1) is 0 Å². The lowest BCUT2D eigenvalue weighted by molar-refractivity contribution is -0.169. The van der Waals surface area contributed by atoms with Gasteiger partial charge in [0.15, 0.2) is 22.8 Å². The van der Waals surface area contributed by atoms with Gasteiger partial charge in [0.1, 0.15) is 45.7 Å². The van der Waals surface area contributed by atoms with Crippen molar-refractivity contribution < 1.29 is 85.3 Å². The lowest BCUT2D eigenvalue weighted by Gasteiger charge is -2.53. The molecular formula is C44H50N4O17. The number of primary amides is 2. The molecule has 65 heavy (non-hydrogen) atoms. The minimum atomic E-state index is -2.89. The van der Waals surface area contributed by atoms with E-state index in [1.165, 1.54) is 69.2 Å². The molecule has 6 aliphatic rings. The Morgan fingerprint density at radius 1 is 0.692 bits per heavy atom. The number of fused-ring (bicyclic) bond motifs is 6. The van der Waals surface area contributed by atoms with Gasteiger partial charge >= 0.3 is 0 Å². The number of nitrogens with two attached hydrogens (primary N) is 2. The number of amides is 2. The average molecular weight is 907 g/mol. The van der Waals surface area contributed by atoms with Crippen LogP contribution >= 0.6 is 0 Å². The second-order valence-electron chi connectivity index (χ2n) is 17.8. The molecule has 0 spiro atoms. The number of ketones is 4. The van der Waals surface area contributed by atoms with Gasteiger partial charge in [-0.2, -0.15) is 0 Å². The smallest absolute Gasteiger partial charge is 0.255 e. The summed E-state index contributed by atoms with van der Waals surface area (Å²) in [7, 11) is 5.93. The highest BCUT2D eigenvalue weighted by molar-refractivity contribution is 6.25. The molecule has 21 nitrogen and oxygen atoms in total. The Labute approximate surface area is 369 Å². The second-order valence-corrected chi connectivity index (χ2v) is 17.8. The number of phenolic OH excluding ortho intramolecular Hbond substituents is 2. The topological polar surface area (TPSA) is 395 Å². The summed E-state index contributed by atoms with van der Waals surface area (Å²) >= 11 is 0. The first-order valence-corrected chi connectivity index (χ1v) is 20.0. The van der Waals surface area contributed by atoms with Crippen LogP contribution < -0.4 is 11.5 Å². The molecule has 0 radical (unpaired) electrons. The third-order valence-electron chi connectivity index (χ3n) is 14.0. The number of aromatic hydroxyl groups is 2. The highest BCUT2D eigenvalue weighted by atomic mass is 16.4. The fraction of sp³-hybridized carbons (Fsp3) is 0.409. The normalized spacial score (nSPS) is 33.8. The zero-order valence-electron chi connectivity index (χ0n) is 35.8. The maximum Gasteiger partial charge on any atom is 0.255 e. The quantitative estimate of drug-likeness (QED) is 0.152. The maximum atomic E-state index is 13.7. The Hall–Kier alpha value is -6.46. The summed E-state index contributed by atoms with van der Waals surface area (Å²) in [6.45, 7) is 3.08. The van der Waals surface area contributed by atoms with Crippen molar-refractivity contribution >= 4 is 46.5 Å². The summed E-state index contributed by atoms with van der Waals surface area (Å²) in [5.74, 6) is -16.8. The Bertz CT molecular complexity index is 2620. The van der Waals surface area contributed by atoms with Gasteiger partial charge in [0.25, 0.3) is 11.8 Å². The number of carbonyl (C=O) groups excluding carboxylic acids is 6. The van der Waals surface area contributed by atoms with Gasteiger partial charge in [-0.1, -0.05) is 31.2 Å². The van der Waals surface area contributed by atoms with Gasteiger partial charge in [0, 0.05) is 28.9 Å². The van der Waals surface area contributed by atoms with E-state index in [1.54, 1.807) is 19.1 Å². The highest BCUT2D eigenvalue weighted by Crippen LogP contribution is 2.58. The van der Waals surface area contributed by atoms with Crippen molar-refractivity contribution in [3.05, 3.63) is 92.5 Å². The minimum Gasteiger partial charge on any atom is -0.508 e. The number of hydrogen-bond acceptors (Lipinski definition) is 18. The van der Waals surface area contributed by atoms with Crippen LogP contribution in [-0.2, 0) is 34.4 Å². The van der Waals surface area contributed by atoms with Crippen molar-refractivity contribution in [2.75, 3.05) is 28.2 Å². The van der Waals surface area contributed by atoms with E-state index in [-0.39, 0.29) is 34.3 Å². The molecule has 348 valence electrons. The molecule has 11 atom stereocenters. The molecule has 8 rings (SSSR count). The Morgan fingerprint density at radius 2 is 1.15 bits per heavy atom. The second kappa shape index (κ2) is 15.6. The molecule has 2 amide bonds. The van der Waals surface area contributed by atoms with E-state index in [4.69, 9.17) is 11.5 Å². The van der Waals surface area contributed by atoms with Crippen LogP contribution in [0.5, 0.6) is 11.5 Å². The van der Waals surface area contributed by atoms with Crippen molar-refractivity contribution in [1.29, 1.82) is 0 Å². The Kier molecular flexibility index (Phi) is 11.5. The van der Waals surface area contributed by atoms with Crippen LogP contribution in [0, 0.1) is 23.7 Å². The van der Waals surface area contributed by atoms with Crippen molar-refractivity contribution in [3.63, 3.8) is 0 Å². The predicted molar refractivity (Wildman–Crippen MR) is 224 cm³/mol. The number of rotatable bonds is 4. The van der Waals surface area contributed by atoms with E-state index in [1.807, 2.05) is 0 Å². The number of aliphatic hydroxyl groups is 8. The lowest BCUT2D eigenvalue weighted by Crippen LogP contribution is -2.70. The molecule has 21 heteroatoms. The first-order chi connectivity index (χ1) is 29.6. The number of phenols is 2. The molecule has 0 aromatic heterocycles. The molecule has 0 unspecified atom stereocenters. The fourth-order valence-electron chi connectivity index (χ4n) is 11.1. The number of carbonyl (C=O) groups is 6. The monoisotopic (exact) mass is 906 g/mol. The first-order valence-electron chi connectivity index (χ1n) is 20.0. The molecule has 2 aromatic carbocycles. The largest absolute Gasteiger partial charge is 0.508 e. The molecule has 16 N–H and O–H groups in total. The summed E-state index contributed by atoms with van der Waals surface area (Å²) in [5, 5.41) is 110. The van der Waals surface area contributed by atoms with Crippen molar-refractivity contribution in [2.45, 2.75) is 61.2 Å². The fourth-order valence-corrected chi connectivity index (χ4v) is 11.1. The van der Waals surface area contributed by atoms with E-state index in [0.717, 1.165) is 0 Å². The zero-order chi connectivity index (χ0) is 47.8. The highest BCUT2D eigenvalue weighted by Gasteiger charge is 2.69. The first kappa shape index (κ1) is 48.0. The third kappa shape index (κ3) is 6.18. The molecule has 0 saturated heterocycles. The molecule has 0 heterocycles. The van der Waals surface area contributed by atoms with Gasteiger partial charge in [-0.3, -0.25) is 38.6 Å². The van der Waals surface area contributed by atoms with Gasteiger partial charge in [0.2, 0.25) is 11.6 Å². The third-order valence-corrected chi connectivity index (χ3v) is 14.0. The van der Waals surface area contributed by atoms with Crippen LogP contribution in [0.4, 0.5) is 0 Å². The van der Waals surface area contributed by atoms with E-state index in [0.29, 0.717) is 5.56 Å². The number of Topliss-reactive ketones (excluding diaryl/α,β-unsaturated/α-hetero) is 4. The SMILES string of the molecule is CN(C)[C@@H]1C(=O)C(C(N)=O)=C(O)[C@@]2(O)C(=O)C3=C(O)c4c(O)cccc4[C@@](C)(O)[C@H]3C[C@@H]12.C[C@H]1c2cccc(O)c2C(O)=C2C(=O)[C@]3(O)C(O)=C(C(N)=O)C(=O)[C@@H](N(C)C)[C@@H]3[C@@H](O)[C@@H]21.O. The molecule has 2 aromatic rings. The van der Waals surface area contributed by atoms with Crippen LogP contribution in [0.1, 0.15) is 48.4 Å². The van der Waals surface area contributed by atoms with Crippen LogP contribution in [0.3, 0.4) is 0 Å². The number of likely N-dealkylation sites (N-methyl/N-ethyl adjacent to an activating group) is 2. The molecule has 2 saturated carbocycles. The molecule has 6 aliphatic carbocycles. The summed E-state index contributed by atoms with van der Waals surface area (Å²) in [6, 6.07) is 6.15. The van der Waals surface area contributed by atoms with Gasteiger partial charge in [-0.25, -0.2) is 0 Å². The summed E-state index contributed by atoms with van der Waals surface area (Å²) in [5.41, 5.74) is 0.921. The summed E-state index contributed by atoms with van der Waals surface area (Å²) in [6.07, 6.45) is -1.79. The summed E-state index contributed by atoms with van der Waals surface area (Å²) in [4.78, 5) is 79.9. The van der Waals surface area contributed by atoms with Crippen LogP contribution in [0.15, 0.2) is 70.2 Å². The van der Waals surface area contributed by atoms with Gasteiger partial charge < -0.3 is 68.0 Å². The maximum absolute atomic E-state index is 13.7. The van der Waals surface area contributed by atoms with Crippen LogP contribution in [0.25, 0.3) is 11.5 Å². The van der Waals surface area contributed by atoms with Gasteiger partial charge in [-0.05, 0) is 70.7 Å². The van der Waals surface area contributed by atoms with E-state index >= 15 is 0 Å². The Morgan fingerprint density at radius 3 is 1.68 bits per heavy atom. The van der Waals surface area contributed by atoms with Crippen LogP contribution in [0.2, 0.25) is 0 Å². The van der Waals surface area contributed by atoms with Crippen molar-refractivity contribution in [3.8, 4) is 11.5 Å². The standard InChI is InChI=1S/2C22H24N2O8.H2O/c1-21(31)8-5-4-6-11(25)12(8)16(26)13-9(21)7-10-15(24(2)3)17(27)14(20(23)30)19(29)22(10,32)18(13)28;1-7-8-5-4-6-9(25)11(8)16(26)12-10(7)17(27)14-15(24(2)3)18(28)13(21(23)31)20(30)22(14,32)19(12)29;/h4-6,9-10,15,25-26,29,31-32H,7H2,1-3H3,(H2,23,30);4-7,10,14-15,17,25-27,30,32H,1-3H3,(H2,23,31);1H2/t9-,10-,15-,21+,22-;7-,10+,14+,15-,17-,22-;/m00./s1. The number of hydrogen-bond donors (Lipinski definition) is 12. The molecule has 0 bridgehead atoms. The van der Waals surface area contributed by atoms with Gasteiger partial charge in [0.05, 0.1) is 40.8 Å². The number of aliphatic hydroxyl groups excluding tert-OH is 5. The molecule has 0 aliphatic heterocycles. The van der Waals surface area contributed by atoms with E-state index in [2.05, 4.69) is 0 Å². The predicted octanol–water partition coefficient (Wildman–Crippen LogP) is -1.70. The van der Waals surface area contributed by atoms with E-state index in [9.17, 15) is 79.8 Å². The van der Waals surface area contributed by atoms with Crippen molar-refractivity contribution in [1.82, 2.24) is 9.80 Å². The number of benzene rings is 2. The number of nitrogens with zero attached hydrogens (tertiary/aromatic N) is 2. The molecule has 2 fully saturated rings. The zero-order valence-corrected chi connectivity index (χ0v) is 35.8. The Balaban J connectivity index is 0.000000212. The summed E-state index contributed by atoms with van der Waals surface area (Å²) < 4.78 is 0. The lowest BCUT2D eigenvalue weighted by atomic mass is 9.54. The van der Waals surface area contributed by atoms with E-state index < -0.39 is 151 Å². The average Bonchev–Trinajstić information content (AvgIpc) is 3.19. The molecular weight excluding hydrogens is 856 g/mol. The minimum absolute atomic E-state index is 0. The van der Waals surface area contributed by atoms with Crippen LogP contribution in [-0.4, -0.2) is 159 Å². The van der Waals surface area contributed by atoms with Crippen molar-refractivity contribution in [2.24, 2.45) is 35.1 Å².